The van der Waals surface area contributed by atoms with E-state index in [1.807, 2.05) is 37.3 Å². The minimum absolute atomic E-state index is 0.0437. The molecule has 27 heavy (non-hydrogen) atoms. The Hall–Kier alpha value is -3.41. The van der Waals surface area contributed by atoms with E-state index in [0.717, 1.165) is 17.0 Å². The molecule has 6 nitrogen and oxygen atoms in total. The van der Waals surface area contributed by atoms with Crippen LogP contribution in [0.2, 0.25) is 0 Å². The third-order valence-electron chi connectivity index (χ3n) is 4.66. The summed E-state index contributed by atoms with van der Waals surface area (Å²) in [5, 5.41) is 6.24. The lowest BCUT2D eigenvalue weighted by molar-refractivity contribution is 0.0932. The molecular weight excluding hydrogens is 340 g/mol. The summed E-state index contributed by atoms with van der Waals surface area (Å²) < 4.78 is 5.73. The predicted octanol–water partition coefficient (Wildman–Crippen LogP) is 3.51. The zero-order valence-corrected chi connectivity index (χ0v) is 14.9. The maximum absolute atomic E-state index is 12.7. The van der Waals surface area contributed by atoms with Gasteiger partial charge >= 0.3 is 0 Å². The van der Waals surface area contributed by atoms with E-state index in [1.54, 1.807) is 30.7 Å². The first-order valence-corrected chi connectivity index (χ1v) is 8.86. The zero-order valence-electron chi connectivity index (χ0n) is 14.9. The lowest BCUT2D eigenvalue weighted by Gasteiger charge is -2.20. The van der Waals surface area contributed by atoms with E-state index in [9.17, 15) is 4.79 Å². The second kappa shape index (κ2) is 7.45. The molecule has 1 aliphatic rings. The molecule has 0 fully saturated rings. The average molecular weight is 360 g/mol. The standard InChI is InChI=1S/C21H20N4O2/c1-14(18-13-27-19-8-3-2-7-17(18)19)24-21(26)15-5-4-6-16(11-15)25-20-12-22-9-10-23-20/h2-12,14,18H,13H2,1H3,(H,23,25)(H,24,26)/t14-,18+/m1/s1. The predicted molar refractivity (Wildman–Crippen MR) is 103 cm³/mol. The summed E-state index contributed by atoms with van der Waals surface area (Å²) in [7, 11) is 0. The van der Waals surface area contributed by atoms with Crippen LogP contribution in [0.1, 0.15) is 28.8 Å². The van der Waals surface area contributed by atoms with Crippen LogP contribution in [0.5, 0.6) is 5.75 Å². The number of nitrogens with zero attached hydrogens (tertiary/aromatic N) is 2. The second-order valence-corrected chi connectivity index (χ2v) is 6.51. The van der Waals surface area contributed by atoms with E-state index in [4.69, 9.17) is 4.74 Å². The van der Waals surface area contributed by atoms with Gasteiger partial charge in [0.2, 0.25) is 0 Å². The molecule has 2 atom stereocenters. The van der Waals surface area contributed by atoms with Crippen molar-refractivity contribution in [3.05, 3.63) is 78.2 Å². The van der Waals surface area contributed by atoms with Crippen LogP contribution in [0.15, 0.2) is 67.1 Å². The fourth-order valence-electron chi connectivity index (χ4n) is 3.24. The first-order chi connectivity index (χ1) is 13.2. The van der Waals surface area contributed by atoms with Crippen molar-refractivity contribution < 1.29 is 9.53 Å². The molecule has 0 saturated heterocycles. The fourth-order valence-corrected chi connectivity index (χ4v) is 3.24. The molecule has 2 N–H and O–H groups in total. The number of nitrogens with one attached hydrogen (secondary N) is 2. The van der Waals surface area contributed by atoms with Crippen LogP contribution in [-0.2, 0) is 0 Å². The van der Waals surface area contributed by atoms with E-state index in [-0.39, 0.29) is 17.9 Å². The van der Waals surface area contributed by atoms with Gasteiger partial charge in [-0.3, -0.25) is 9.78 Å². The molecule has 6 heteroatoms. The summed E-state index contributed by atoms with van der Waals surface area (Å²) in [6.07, 6.45) is 4.86. The summed E-state index contributed by atoms with van der Waals surface area (Å²) in [6, 6.07) is 15.3. The van der Waals surface area contributed by atoms with Gasteiger partial charge in [-0.1, -0.05) is 24.3 Å². The number of fused-ring (bicyclic) bond motifs is 1. The van der Waals surface area contributed by atoms with Gasteiger partial charge in [0, 0.05) is 41.2 Å². The van der Waals surface area contributed by atoms with Gasteiger partial charge < -0.3 is 15.4 Å². The monoisotopic (exact) mass is 360 g/mol. The number of anilines is 2. The Morgan fingerprint density at radius 1 is 1.19 bits per heavy atom. The van der Waals surface area contributed by atoms with Gasteiger partial charge in [-0.25, -0.2) is 4.98 Å². The van der Waals surface area contributed by atoms with E-state index in [2.05, 4.69) is 26.7 Å². The van der Waals surface area contributed by atoms with Crippen LogP contribution < -0.4 is 15.4 Å². The first-order valence-electron chi connectivity index (χ1n) is 8.86. The first kappa shape index (κ1) is 17.0. The average Bonchev–Trinajstić information content (AvgIpc) is 3.13. The second-order valence-electron chi connectivity index (χ2n) is 6.51. The van der Waals surface area contributed by atoms with Crippen molar-refractivity contribution in [1.82, 2.24) is 15.3 Å². The van der Waals surface area contributed by atoms with Gasteiger partial charge in [0.05, 0.1) is 12.8 Å². The largest absolute Gasteiger partial charge is 0.493 e. The fraction of sp³-hybridized carbons (Fsp3) is 0.190. The number of carbonyl (C=O) groups excluding carboxylic acids is 1. The van der Waals surface area contributed by atoms with Crippen LogP contribution >= 0.6 is 0 Å². The number of hydrogen-bond acceptors (Lipinski definition) is 5. The highest BCUT2D eigenvalue weighted by atomic mass is 16.5. The Balaban J connectivity index is 1.45. The Labute approximate surface area is 157 Å². The number of rotatable bonds is 5. The van der Waals surface area contributed by atoms with Crippen LogP contribution in [0.3, 0.4) is 0 Å². The van der Waals surface area contributed by atoms with Gasteiger partial charge in [-0.05, 0) is 31.2 Å². The maximum Gasteiger partial charge on any atom is 0.251 e. The smallest absolute Gasteiger partial charge is 0.251 e. The molecule has 0 unspecified atom stereocenters. The summed E-state index contributed by atoms with van der Waals surface area (Å²) in [5.41, 5.74) is 2.51. The molecule has 2 aromatic carbocycles. The van der Waals surface area contributed by atoms with Crippen molar-refractivity contribution in [2.45, 2.75) is 18.9 Å². The van der Waals surface area contributed by atoms with Crippen LogP contribution in [0, 0.1) is 0 Å². The lowest BCUT2D eigenvalue weighted by atomic mass is 9.94. The number of benzene rings is 2. The Kier molecular flexibility index (Phi) is 4.70. The van der Waals surface area contributed by atoms with E-state index in [1.165, 1.54) is 0 Å². The molecule has 0 bridgehead atoms. The summed E-state index contributed by atoms with van der Waals surface area (Å²) in [6.45, 7) is 2.59. The van der Waals surface area contributed by atoms with Crippen molar-refractivity contribution in [2.24, 2.45) is 0 Å². The SMILES string of the molecule is C[C@@H](NC(=O)c1cccc(Nc2cnccn2)c1)[C@@H]1COc2ccccc21. The highest BCUT2D eigenvalue weighted by Crippen LogP contribution is 2.35. The van der Waals surface area contributed by atoms with E-state index < -0.39 is 0 Å². The number of amides is 1. The number of ether oxygens (including phenoxy) is 1. The molecule has 0 radical (unpaired) electrons. The van der Waals surface area contributed by atoms with Crippen molar-refractivity contribution in [3.8, 4) is 5.75 Å². The maximum atomic E-state index is 12.7. The molecule has 1 amide bonds. The quantitative estimate of drug-likeness (QED) is 0.728. The van der Waals surface area contributed by atoms with E-state index >= 15 is 0 Å². The molecule has 4 rings (SSSR count). The highest BCUT2D eigenvalue weighted by Gasteiger charge is 2.29. The molecule has 0 spiro atoms. The third-order valence-corrected chi connectivity index (χ3v) is 4.66. The third kappa shape index (κ3) is 3.74. The minimum atomic E-state index is -0.116. The molecule has 0 saturated carbocycles. The molecule has 136 valence electrons. The van der Waals surface area contributed by atoms with Gasteiger partial charge in [0.25, 0.3) is 5.91 Å². The Morgan fingerprint density at radius 2 is 2.07 bits per heavy atom. The van der Waals surface area contributed by atoms with Gasteiger partial charge in [0.15, 0.2) is 0 Å². The van der Waals surface area contributed by atoms with Crippen molar-refractivity contribution >= 4 is 17.4 Å². The van der Waals surface area contributed by atoms with Crippen molar-refractivity contribution in [3.63, 3.8) is 0 Å². The van der Waals surface area contributed by atoms with Crippen LogP contribution in [0.25, 0.3) is 0 Å². The summed E-state index contributed by atoms with van der Waals surface area (Å²) in [5.74, 6) is 1.56. The van der Waals surface area contributed by atoms with E-state index in [0.29, 0.717) is 18.0 Å². The van der Waals surface area contributed by atoms with Crippen molar-refractivity contribution in [1.29, 1.82) is 0 Å². The number of para-hydroxylation sites is 1. The Bertz CT molecular complexity index is 946. The Morgan fingerprint density at radius 3 is 2.93 bits per heavy atom. The molecule has 0 aliphatic carbocycles. The van der Waals surface area contributed by atoms with Gasteiger partial charge in [-0.2, -0.15) is 0 Å². The summed E-state index contributed by atoms with van der Waals surface area (Å²) in [4.78, 5) is 20.9. The van der Waals surface area contributed by atoms with Gasteiger partial charge in [0.1, 0.15) is 11.6 Å². The molecule has 2 heterocycles. The van der Waals surface area contributed by atoms with Crippen molar-refractivity contribution in [2.75, 3.05) is 11.9 Å². The van der Waals surface area contributed by atoms with Crippen LogP contribution in [-0.4, -0.2) is 28.5 Å². The number of hydrogen-bond donors (Lipinski definition) is 2. The van der Waals surface area contributed by atoms with Gasteiger partial charge in [-0.15, -0.1) is 0 Å². The molecular formula is C21H20N4O2. The molecule has 1 aliphatic heterocycles. The number of aromatic nitrogens is 2. The summed E-state index contributed by atoms with van der Waals surface area (Å²) >= 11 is 0. The lowest BCUT2D eigenvalue weighted by Crippen LogP contribution is -2.37. The zero-order chi connectivity index (χ0) is 18.6. The topological polar surface area (TPSA) is 76.1 Å². The molecule has 3 aromatic rings. The normalized spacial score (nSPS) is 16.1. The highest BCUT2D eigenvalue weighted by molar-refractivity contribution is 5.95. The molecule has 1 aromatic heterocycles. The minimum Gasteiger partial charge on any atom is -0.493 e. The van der Waals surface area contributed by atoms with Crippen LogP contribution in [0.4, 0.5) is 11.5 Å². The number of carbonyl (C=O) groups is 1.